The summed E-state index contributed by atoms with van der Waals surface area (Å²) in [5, 5.41) is 0. The molecule has 136 valence electrons. The van der Waals surface area contributed by atoms with Crippen LogP contribution in [0.4, 0.5) is 0 Å². The van der Waals surface area contributed by atoms with Crippen molar-refractivity contribution < 1.29 is 0 Å². The average molecular weight is 436 g/mol. The number of hydrogen-bond acceptors (Lipinski definition) is 2. The zero-order valence-electron chi connectivity index (χ0n) is 15.3. The van der Waals surface area contributed by atoms with Gasteiger partial charge in [0, 0.05) is 19.6 Å². The number of aliphatic imine (C=N–C) groups is 1. The van der Waals surface area contributed by atoms with E-state index >= 15 is 0 Å². The first-order valence-corrected chi connectivity index (χ1v) is 9.31. The van der Waals surface area contributed by atoms with E-state index in [-0.39, 0.29) is 24.0 Å². The molecule has 0 aromatic rings. The van der Waals surface area contributed by atoms with E-state index in [4.69, 9.17) is 10.7 Å². The van der Waals surface area contributed by atoms with Crippen LogP contribution in [0.5, 0.6) is 0 Å². The van der Waals surface area contributed by atoms with Crippen LogP contribution in [0.25, 0.3) is 0 Å². The van der Waals surface area contributed by atoms with Crippen LogP contribution in [0.3, 0.4) is 0 Å². The molecule has 2 heterocycles. The van der Waals surface area contributed by atoms with Crippen molar-refractivity contribution in [3.8, 4) is 0 Å². The Bertz CT molecular complexity index is 351. The lowest BCUT2D eigenvalue weighted by Crippen LogP contribution is -2.44. The van der Waals surface area contributed by atoms with Crippen molar-refractivity contribution in [2.75, 3.05) is 39.3 Å². The lowest BCUT2D eigenvalue weighted by atomic mass is 9.96. The molecule has 0 aromatic carbocycles. The van der Waals surface area contributed by atoms with Crippen molar-refractivity contribution >= 4 is 29.9 Å². The fourth-order valence-electron chi connectivity index (χ4n) is 3.55. The van der Waals surface area contributed by atoms with Crippen molar-refractivity contribution in [1.29, 1.82) is 0 Å². The molecule has 0 aromatic heterocycles. The van der Waals surface area contributed by atoms with Crippen LogP contribution in [0, 0.1) is 17.8 Å². The normalized spacial score (nSPS) is 24.8. The van der Waals surface area contributed by atoms with Crippen LogP contribution in [0.2, 0.25) is 0 Å². The summed E-state index contributed by atoms with van der Waals surface area (Å²) in [5.74, 6) is 3.09. The van der Waals surface area contributed by atoms with Crippen LogP contribution in [-0.2, 0) is 0 Å². The quantitative estimate of drug-likeness (QED) is 0.408. The molecule has 0 saturated carbocycles. The number of hydrogen-bond donors (Lipinski definition) is 1. The standard InChI is InChI=1S/C18H36N4.HI/c1-15(2)6-10-21-11-7-17(8-12-21)13-20-18(19)22-9-4-5-16(3)14-22;/h15-17H,4-14H2,1-3H3,(H2,19,20);1H. The molecule has 1 atom stereocenters. The SMILES string of the molecule is CC(C)CCN1CCC(CN=C(N)N2CCCC(C)C2)CC1.I. The minimum absolute atomic E-state index is 0. The fraction of sp³-hybridized carbons (Fsp3) is 0.944. The highest BCUT2D eigenvalue weighted by molar-refractivity contribution is 14.0. The number of likely N-dealkylation sites (tertiary alicyclic amines) is 2. The highest BCUT2D eigenvalue weighted by Gasteiger charge is 2.20. The van der Waals surface area contributed by atoms with E-state index in [1.54, 1.807) is 0 Å². The molecule has 2 aliphatic heterocycles. The molecule has 2 rings (SSSR count). The molecule has 2 N–H and O–H groups in total. The Morgan fingerprint density at radius 1 is 1.17 bits per heavy atom. The van der Waals surface area contributed by atoms with Gasteiger partial charge in [-0.2, -0.15) is 0 Å². The first-order valence-electron chi connectivity index (χ1n) is 9.31. The summed E-state index contributed by atoms with van der Waals surface area (Å²) in [6.45, 7) is 13.8. The third-order valence-electron chi connectivity index (χ3n) is 5.22. The fourth-order valence-corrected chi connectivity index (χ4v) is 3.55. The maximum Gasteiger partial charge on any atom is 0.191 e. The highest BCUT2D eigenvalue weighted by Crippen LogP contribution is 2.19. The van der Waals surface area contributed by atoms with Crippen LogP contribution in [0.1, 0.15) is 52.9 Å². The summed E-state index contributed by atoms with van der Waals surface area (Å²) >= 11 is 0. The Balaban J connectivity index is 0.00000264. The van der Waals surface area contributed by atoms with Gasteiger partial charge >= 0.3 is 0 Å². The summed E-state index contributed by atoms with van der Waals surface area (Å²) in [6.07, 6.45) is 6.48. The number of guanidine groups is 1. The van der Waals surface area contributed by atoms with Crippen LogP contribution in [-0.4, -0.2) is 55.0 Å². The van der Waals surface area contributed by atoms with E-state index in [1.807, 2.05) is 0 Å². The van der Waals surface area contributed by atoms with E-state index in [2.05, 4.69) is 30.6 Å². The number of nitrogens with two attached hydrogens (primary N) is 1. The largest absolute Gasteiger partial charge is 0.370 e. The Kier molecular flexibility index (Phi) is 9.82. The van der Waals surface area contributed by atoms with Crippen molar-refractivity contribution in [2.45, 2.75) is 52.9 Å². The third kappa shape index (κ3) is 7.59. The molecule has 1 unspecified atom stereocenters. The van der Waals surface area contributed by atoms with E-state index in [0.29, 0.717) is 0 Å². The lowest BCUT2D eigenvalue weighted by Gasteiger charge is -2.33. The molecule has 0 bridgehead atoms. The topological polar surface area (TPSA) is 44.9 Å². The van der Waals surface area contributed by atoms with Crippen LogP contribution < -0.4 is 5.73 Å². The summed E-state index contributed by atoms with van der Waals surface area (Å²) < 4.78 is 0. The Morgan fingerprint density at radius 3 is 2.48 bits per heavy atom. The molecule has 0 spiro atoms. The van der Waals surface area contributed by atoms with Gasteiger partial charge in [0.05, 0.1) is 0 Å². The van der Waals surface area contributed by atoms with Gasteiger partial charge in [0.2, 0.25) is 0 Å². The van der Waals surface area contributed by atoms with Gasteiger partial charge in [-0.05, 0) is 69.5 Å². The predicted octanol–water partition coefficient (Wildman–Crippen LogP) is 3.41. The molecule has 2 fully saturated rings. The summed E-state index contributed by atoms with van der Waals surface area (Å²) in [5.41, 5.74) is 6.20. The third-order valence-corrected chi connectivity index (χ3v) is 5.22. The Morgan fingerprint density at radius 2 is 1.87 bits per heavy atom. The molecule has 5 heteroatoms. The monoisotopic (exact) mass is 436 g/mol. The van der Waals surface area contributed by atoms with Gasteiger partial charge < -0.3 is 15.5 Å². The highest BCUT2D eigenvalue weighted by atomic mass is 127. The minimum Gasteiger partial charge on any atom is -0.370 e. The molecular formula is C18H37IN4. The molecule has 4 nitrogen and oxygen atoms in total. The van der Waals surface area contributed by atoms with Crippen molar-refractivity contribution in [1.82, 2.24) is 9.80 Å². The molecular weight excluding hydrogens is 399 g/mol. The van der Waals surface area contributed by atoms with Gasteiger partial charge in [-0.3, -0.25) is 4.99 Å². The maximum absolute atomic E-state index is 6.20. The van der Waals surface area contributed by atoms with E-state index in [1.165, 1.54) is 51.7 Å². The zero-order chi connectivity index (χ0) is 15.9. The Labute approximate surface area is 160 Å². The second kappa shape index (κ2) is 10.7. The van der Waals surface area contributed by atoms with Gasteiger partial charge in [0.1, 0.15) is 0 Å². The van der Waals surface area contributed by atoms with Crippen LogP contribution >= 0.6 is 24.0 Å². The van der Waals surface area contributed by atoms with E-state index in [0.717, 1.165) is 43.3 Å². The molecule has 0 aliphatic carbocycles. The van der Waals surface area contributed by atoms with E-state index < -0.39 is 0 Å². The molecule has 2 saturated heterocycles. The minimum atomic E-state index is 0. The van der Waals surface area contributed by atoms with Crippen molar-refractivity contribution in [3.63, 3.8) is 0 Å². The van der Waals surface area contributed by atoms with Gasteiger partial charge in [-0.1, -0.05) is 20.8 Å². The smallest absolute Gasteiger partial charge is 0.191 e. The first-order chi connectivity index (χ1) is 10.5. The summed E-state index contributed by atoms with van der Waals surface area (Å²) in [6, 6.07) is 0. The molecule has 0 radical (unpaired) electrons. The molecule has 2 aliphatic rings. The van der Waals surface area contributed by atoms with E-state index in [9.17, 15) is 0 Å². The number of nitrogens with zero attached hydrogens (tertiary/aromatic N) is 3. The maximum atomic E-state index is 6.20. The van der Waals surface area contributed by atoms with Gasteiger partial charge in [-0.15, -0.1) is 24.0 Å². The summed E-state index contributed by atoms with van der Waals surface area (Å²) in [7, 11) is 0. The lowest BCUT2D eigenvalue weighted by molar-refractivity contribution is 0.179. The number of piperidine rings is 2. The van der Waals surface area contributed by atoms with Crippen molar-refractivity contribution in [3.05, 3.63) is 0 Å². The average Bonchev–Trinajstić information content (AvgIpc) is 2.51. The Hall–Kier alpha value is -0.0400. The number of halogens is 1. The molecule has 0 amide bonds. The van der Waals surface area contributed by atoms with Gasteiger partial charge in [0.25, 0.3) is 0 Å². The second-order valence-corrected chi connectivity index (χ2v) is 7.86. The van der Waals surface area contributed by atoms with Gasteiger partial charge in [-0.25, -0.2) is 0 Å². The van der Waals surface area contributed by atoms with Crippen molar-refractivity contribution in [2.24, 2.45) is 28.5 Å². The van der Waals surface area contributed by atoms with Crippen LogP contribution in [0.15, 0.2) is 4.99 Å². The zero-order valence-corrected chi connectivity index (χ0v) is 17.7. The molecule has 23 heavy (non-hydrogen) atoms. The predicted molar refractivity (Wildman–Crippen MR) is 110 cm³/mol. The second-order valence-electron chi connectivity index (χ2n) is 7.86. The first kappa shape index (κ1) is 21.0. The number of rotatable bonds is 5. The van der Waals surface area contributed by atoms with Gasteiger partial charge in [0.15, 0.2) is 5.96 Å². The summed E-state index contributed by atoms with van der Waals surface area (Å²) in [4.78, 5) is 9.61.